The van der Waals surface area contributed by atoms with E-state index in [1.807, 2.05) is 29.2 Å². The van der Waals surface area contributed by atoms with Crippen LogP contribution >= 0.6 is 0 Å². The topological polar surface area (TPSA) is 84.6 Å². The quantitative estimate of drug-likeness (QED) is 0.832. The van der Waals surface area contributed by atoms with Crippen LogP contribution in [0.3, 0.4) is 0 Å². The number of nitrogens with zero attached hydrogens (tertiary/aromatic N) is 3. The number of carbonyl (C=O) groups is 2. The van der Waals surface area contributed by atoms with Crippen LogP contribution in [-0.2, 0) is 9.59 Å². The van der Waals surface area contributed by atoms with E-state index in [0.717, 1.165) is 29.5 Å². The van der Waals surface area contributed by atoms with Crippen molar-refractivity contribution in [2.45, 2.75) is 37.3 Å². The Hall–Kier alpha value is -3.17. The molecule has 2 amide bonds. The van der Waals surface area contributed by atoms with Crippen LogP contribution < -0.4 is 0 Å². The lowest BCUT2D eigenvalue weighted by atomic mass is 9.60. The molecule has 31 heavy (non-hydrogen) atoms. The highest BCUT2D eigenvalue weighted by atomic mass is 16.3. The van der Waals surface area contributed by atoms with Crippen LogP contribution in [0.5, 0.6) is 0 Å². The van der Waals surface area contributed by atoms with E-state index in [0.29, 0.717) is 18.7 Å². The van der Waals surface area contributed by atoms with Gasteiger partial charge in [-0.15, -0.1) is 0 Å². The summed E-state index contributed by atoms with van der Waals surface area (Å²) in [6.45, 7) is 2.53. The highest BCUT2D eigenvalue weighted by molar-refractivity contribution is 5.85. The normalized spacial score (nSPS) is 23.6. The minimum Gasteiger partial charge on any atom is -0.394 e. The summed E-state index contributed by atoms with van der Waals surface area (Å²) in [6, 6.07) is 17.6. The van der Waals surface area contributed by atoms with Gasteiger partial charge in [0.05, 0.1) is 29.8 Å². The van der Waals surface area contributed by atoms with E-state index in [-0.39, 0.29) is 36.3 Å². The number of amides is 2. The largest absolute Gasteiger partial charge is 0.394 e. The molecular formula is C25H25N3O3. The van der Waals surface area contributed by atoms with Crippen molar-refractivity contribution in [3.05, 3.63) is 59.7 Å². The first-order chi connectivity index (χ1) is 15.0. The van der Waals surface area contributed by atoms with Crippen LogP contribution in [-0.4, -0.2) is 58.0 Å². The minimum absolute atomic E-state index is 0.00538. The molecule has 1 saturated carbocycles. The molecule has 0 bridgehead atoms. The lowest BCUT2D eigenvalue weighted by molar-refractivity contribution is -0.203. The third kappa shape index (κ3) is 3.03. The Labute approximate surface area is 181 Å². The van der Waals surface area contributed by atoms with Crippen LogP contribution in [0.15, 0.2) is 48.5 Å². The standard InChI is InChI=1S/C25H25N3O3/c1-16(30)27-14-25(15-27)23(22(13-29)28(25)24(31)21-10-11-21)20-8-6-19(7-9-20)18-4-2-17(12-26)3-5-18/h2-9,21-23,29H,10-11,13-15H2,1H3/t22-,23+/m1/s1. The summed E-state index contributed by atoms with van der Waals surface area (Å²) in [4.78, 5) is 28.5. The van der Waals surface area contributed by atoms with Gasteiger partial charge in [-0.3, -0.25) is 9.59 Å². The minimum atomic E-state index is -0.408. The predicted molar refractivity (Wildman–Crippen MR) is 115 cm³/mol. The molecule has 1 N–H and O–H groups in total. The van der Waals surface area contributed by atoms with E-state index in [2.05, 4.69) is 18.2 Å². The second-order valence-corrected chi connectivity index (χ2v) is 9.00. The highest BCUT2D eigenvalue weighted by Crippen LogP contribution is 2.55. The van der Waals surface area contributed by atoms with E-state index < -0.39 is 5.54 Å². The summed E-state index contributed by atoms with van der Waals surface area (Å²) in [5, 5.41) is 19.1. The third-order valence-electron chi connectivity index (χ3n) is 7.12. The molecule has 158 valence electrons. The number of aliphatic hydroxyl groups is 1. The zero-order valence-electron chi connectivity index (χ0n) is 17.5. The predicted octanol–water partition coefficient (Wildman–Crippen LogP) is 2.52. The molecule has 1 aliphatic carbocycles. The second-order valence-electron chi connectivity index (χ2n) is 9.00. The first-order valence-electron chi connectivity index (χ1n) is 10.8. The lowest BCUT2D eigenvalue weighted by Crippen LogP contribution is -2.86. The molecule has 2 aromatic rings. The number of benzene rings is 2. The Bertz CT molecular complexity index is 1060. The van der Waals surface area contributed by atoms with Crippen LogP contribution in [0.1, 0.15) is 36.8 Å². The highest BCUT2D eigenvalue weighted by Gasteiger charge is 2.68. The van der Waals surface area contributed by atoms with Crippen LogP contribution in [0.2, 0.25) is 0 Å². The summed E-state index contributed by atoms with van der Waals surface area (Å²) < 4.78 is 0. The van der Waals surface area contributed by atoms with Crippen LogP contribution in [0, 0.1) is 17.2 Å². The molecule has 2 atom stereocenters. The van der Waals surface area contributed by atoms with Crippen molar-refractivity contribution in [1.82, 2.24) is 9.80 Å². The van der Waals surface area contributed by atoms with Gasteiger partial charge < -0.3 is 14.9 Å². The molecule has 6 heteroatoms. The Balaban J connectivity index is 1.44. The van der Waals surface area contributed by atoms with Crippen molar-refractivity contribution in [3.8, 4) is 17.2 Å². The van der Waals surface area contributed by atoms with Gasteiger partial charge >= 0.3 is 0 Å². The fraction of sp³-hybridized carbons (Fsp3) is 0.400. The van der Waals surface area contributed by atoms with Gasteiger partial charge in [0.2, 0.25) is 11.8 Å². The molecule has 2 aliphatic heterocycles. The maximum absolute atomic E-state index is 13.0. The summed E-state index contributed by atoms with van der Waals surface area (Å²) >= 11 is 0. The number of hydrogen-bond acceptors (Lipinski definition) is 4. The average Bonchev–Trinajstić information content (AvgIpc) is 3.58. The Morgan fingerprint density at radius 3 is 2.13 bits per heavy atom. The van der Waals surface area contributed by atoms with Gasteiger partial charge in [0, 0.05) is 31.8 Å². The summed E-state index contributed by atoms with van der Waals surface area (Å²) in [7, 11) is 0. The number of likely N-dealkylation sites (tertiary alicyclic amines) is 2. The van der Waals surface area contributed by atoms with Gasteiger partial charge in [-0.2, -0.15) is 5.26 Å². The number of nitriles is 1. The SMILES string of the molecule is CC(=O)N1CC2(C1)[C@@H](c1ccc(-c3ccc(C#N)cc3)cc1)[C@@H](CO)N2C(=O)C1CC1. The van der Waals surface area contributed by atoms with Crippen molar-refractivity contribution in [3.63, 3.8) is 0 Å². The van der Waals surface area contributed by atoms with Gasteiger partial charge in [0.15, 0.2) is 0 Å². The molecule has 0 unspecified atom stereocenters. The summed E-state index contributed by atoms with van der Waals surface area (Å²) in [5.74, 6) is 0.238. The number of carbonyl (C=O) groups excluding carboxylic acids is 2. The van der Waals surface area contributed by atoms with Crippen molar-refractivity contribution in [2.24, 2.45) is 5.92 Å². The van der Waals surface area contributed by atoms with E-state index in [4.69, 9.17) is 5.26 Å². The maximum Gasteiger partial charge on any atom is 0.226 e. The molecular weight excluding hydrogens is 390 g/mol. The molecule has 2 aromatic carbocycles. The molecule has 6 nitrogen and oxygen atoms in total. The second kappa shape index (κ2) is 7.21. The van der Waals surface area contributed by atoms with Crippen molar-refractivity contribution >= 4 is 11.8 Å². The number of rotatable bonds is 4. The maximum atomic E-state index is 13.0. The number of aliphatic hydroxyl groups excluding tert-OH is 1. The zero-order chi connectivity index (χ0) is 21.8. The van der Waals surface area contributed by atoms with Crippen LogP contribution in [0.4, 0.5) is 0 Å². The van der Waals surface area contributed by atoms with Crippen molar-refractivity contribution < 1.29 is 14.7 Å². The van der Waals surface area contributed by atoms with Crippen LogP contribution in [0.25, 0.3) is 11.1 Å². The molecule has 2 heterocycles. The fourth-order valence-electron chi connectivity index (χ4n) is 5.34. The van der Waals surface area contributed by atoms with Gasteiger partial charge in [-0.25, -0.2) is 0 Å². The summed E-state index contributed by atoms with van der Waals surface area (Å²) in [6.07, 6.45) is 1.84. The lowest BCUT2D eigenvalue weighted by Gasteiger charge is -2.70. The van der Waals surface area contributed by atoms with Gasteiger partial charge in [-0.1, -0.05) is 36.4 Å². The molecule has 0 aromatic heterocycles. The first kappa shape index (κ1) is 19.8. The Morgan fingerprint density at radius 2 is 1.65 bits per heavy atom. The molecule has 5 rings (SSSR count). The molecule has 1 spiro atoms. The zero-order valence-corrected chi connectivity index (χ0v) is 17.5. The van der Waals surface area contributed by atoms with Gasteiger partial charge in [0.25, 0.3) is 0 Å². The number of hydrogen-bond donors (Lipinski definition) is 1. The van der Waals surface area contributed by atoms with E-state index in [1.54, 1.807) is 24.0 Å². The van der Waals surface area contributed by atoms with E-state index in [9.17, 15) is 14.7 Å². The fourth-order valence-corrected chi connectivity index (χ4v) is 5.34. The first-order valence-corrected chi connectivity index (χ1v) is 10.8. The smallest absolute Gasteiger partial charge is 0.226 e. The molecule has 0 radical (unpaired) electrons. The monoisotopic (exact) mass is 415 g/mol. The van der Waals surface area contributed by atoms with Crippen molar-refractivity contribution in [1.29, 1.82) is 5.26 Å². The summed E-state index contributed by atoms with van der Waals surface area (Å²) in [5.41, 5.74) is 3.38. The van der Waals surface area contributed by atoms with E-state index in [1.165, 1.54) is 0 Å². The van der Waals surface area contributed by atoms with Gasteiger partial charge in [0.1, 0.15) is 0 Å². The average molecular weight is 415 g/mol. The molecule has 3 aliphatic rings. The van der Waals surface area contributed by atoms with E-state index >= 15 is 0 Å². The molecule has 2 saturated heterocycles. The Kier molecular flexibility index (Phi) is 4.60. The Morgan fingerprint density at radius 1 is 1.06 bits per heavy atom. The van der Waals surface area contributed by atoms with Crippen molar-refractivity contribution in [2.75, 3.05) is 19.7 Å². The van der Waals surface area contributed by atoms with Gasteiger partial charge in [-0.05, 0) is 41.7 Å². The third-order valence-corrected chi connectivity index (χ3v) is 7.12. The molecule has 3 fully saturated rings.